The number of alkyl carbamates (subject to hydrolysis) is 1. The molecular weight excluding hydrogens is 274 g/mol. The predicted octanol–water partition coefficient (Wildman–Crippen LogP) is 0.0840. The van der Waals surface area contributed by atoms with Crippen LogP contribution in [0.5, 0.6) is 0 Å². The molecule has 0 aromatic rings. The molecule has 2 amide bonds. The third kappa shape index (κ3) is 7.87. The van der Waals surface area contributed by atoms with Gasteiger partial charge < -0.3 is 25.4 Å². The Bertz CT molecular complexity index is 355. The van der Waals surface area contributed by atoms with E-state index in [1.54, 1.807) is 25.7 Å². The third-order valence-electron chi connectivity index (χ3n) is 2.95. The Balaban J connectivity index is 2.03. The molecule has 0 unspecified atom stereocenters. The van der Waals surface area contributed by atoms with E-state index in [1.807, 2.05) is 0 Å². The first-order valence-electron chi connectivity index (χ1n) is 7.41. The Labute approximate surface area is 126 Å². The number of hydrogen-bond donors (Lipinski definition) is 3. The van der Waals surface area contributed by atoms with E-state index in [4.69, 9.17) is 4.74 Å². The van der Waals surface area contributed by atoms with Gasteiger partial charge in [-0.2, -0.15) is 0 Å². The van der Waals surface area contributed by atoms with Crippen molar-refractivity contribution in [2.45, 2.75) is 45.3 Å². The lowest BCUT2D eigenvalue weighted by Gasteiger charge is -2.21. The molecule has 1 aliphatic heterocycles. The van der Waals surface area contributed by atoms with E-state index in [-0.39, 0.29) is 5.91 Å². The van der Waals surface area contributed by atoms with Crippen LogP contribution in [-0.4, -0.2) is 66.4 Å². The first-order valence-corrected chi connectivity index (χ1v) is 7.41. The molecule has 7 nitrogen and oxygen atoms in total. The van der Waals surface area contributed by atoms with E-state index in [2.05, 4.69) is 10.6 Å². The van der Waals surface area contributed by atoms with E-state index in [1.165, 1.54) is 0 Å². The van der Waals surface area contributed by atoms with Crippen LogP contribution < -0.4 is 10.6 Å². The Kier molecular flexibility index (Phi) is 6.91. The first-order chi connectivity index (χ1) is 9.78. The van der Waals surface area contributed by atoms with Crippen LogP contribution >= 0.6 is 0 Å². The van der Waals surface area contributed by atoms with Crippen molar-refractivity contribution in [3.63, 3.8) is 0 Å². The third-order valence-corrected chi connectivity index (χ3v) is 2.95. The molecule has 0 saturated carbocycles. The molecule has 1 aliphatic rings. The number of carbonyl (C=O) groups is 2. The largest absolute Gasteiger partial charge is 0.444 e. The van der Waals surface area contributed by atoms with Gasteiger partial charge in [0.05, 0.1) is 6.10 Å². The van der Waals surface area contributed by atoms with E-state index in [9.17, 15) is 14.7 Å². The van der Waals surface area contributed by atoms with Crippen molar-refractivity contribution >= 4 is 12.0 Å². The van der Waals surface area contributed by atoms with Crippen LogP contribution in [0, 0.1) is 0 Å². The predicted molar refractivity (Wildman–Crippen MR) is 78.9 cm³/mol. The lowest BCUT2D eigenvalue weighted by atomic mass is 10.2. The zero-order valence-electron chi connectivity index (χ0n) is 13.1. The maximum atomic E-state index is 11.4. The summed E-state index contributed by atoms with van der Waals surface area (Å²) >= 11 is 0. The first kappa shape index (κ1) is 17.7. The van der Waals surface area contributed by atoms with E-state index in [0.29, 0.717) is 32.6 Å². The van der Waals surface area contributed by atoms with Crippen molar-refractivity contribution in [3.05, 3.63) is 0 Å². The van der Waals surface area contributed by atoms with Crippen LogP contribution in [0.4, 0.5) is 4.79 Å². The van der Waals surface area contributed by atoms with Crippen LogP contribution in [0.25, 0.3) is 0 Å². The Morgan fingerprint density at radius 1 is 1.43 bits per heavy atom. The number of aliphatic hydroxyl groups is 1. The van der Waals surface area contributed by atoms with Gasteiger partial charge in [-0.25, -0.2) is 4.79 Å². The normalized spacial score (nSPS) is 17.0. The summed E-state index contributed by atoms with van der Waals surface area (Å²) in [7, 11) is 0. The van der Waals surface area contributed by atoms with Crippen LogP contribution in [0.2, 0.25) is 0 Å². The molecule has 21 heavy (non-hydrogen) atoms. The summed E-state index contributed by atoms with van der Waals surface area (Å²) in [5.41, 5.74) is -0.504. The number of aliphatic hydroxyl groups excluding tert-OH is 1. The number of nitrogens with one attached hydrogen (secondary N) is 2. The molecule has 1 fully saturated rings. The maximum absolute atomic E-state index is 11.4. The summed E-state index contributed by atoms with van der Waals surface area (Å²) in [5.74, 6) is 0.112. The number of rotatable bonds is 7. The average Bonchev–Trinajstić information content (AvgIpc) is 2.72. The number of nitrogens with zero attached hydrogens (tertiary/aromatic N) is 1. The molecule has 3 N–H and O–H groups in total. The van der Waals surface area contributed by atoms with Crippen molar-refractivity contribution in [2.24, 2.45) is 0 Å². The number of β-amino-alcohol motifs (C(OH)–C–C–N with tert-alkyl or cyclic N) is 1. The van der Waals surface area contributed by atoms with E-state index < -0.39 is 17.8 Å². The summed E-state index contributed by atoms with van der Waals surface area (Å²) in [6.45, 7) is 7.86. The zero-order chi connectivity index (χ0) is 15.9. The summed E-state index contributed by atoms with van der Waals surface area (Å²) in [4.78, 5) is 24.5. The Hall–Kier alpha value is -1.34. The Morgan fingerprint density at radius 2 is 2.14 bits per heavy atom. The summed E-state index contributed by atoms with van der Waals surface area (Å²) in [6, 6.07) is 0. The second-order valence-corrected chi connectivity index (χ2v) is 6.23. The molecule has 0 aromatic carbocycles. The van der Waals surface area contributed by atoms with Gasteiger partial charge in [-0.05, 0) is 27.2 Å². The van der Waals surface area contributed by atoms with Crippen molar-refractivity contribution in [1.82, 2.24) is 15.5 Å². The van der Waals surface area contributed by atoms with Crippen molar-refractivity contribution in [1.29, 1.82) is 0 Å². The maximum Gasteiger partial charge on any atom is 0.407 e. The van der Waals surface area contributed by atoms with Crippen LogP contribution in [0.15, 0.2) is 0 Å². The molecule has 1 atom stereocenters. The van der Waals surface area contributed by atoms with Crippen molar-refractivity contribution in [3.8, 4) is 0 Å². The van der Waals surface area contributed by atoms with Crippen molar-refractivity contribution < 1.29 is 19.4 Å². The SMILES string of the molecule is CC(C)(C)OC(=O)NCCNC[C@@H](O)CN1CCCC1=O. The summed E-state index contributed by atoms with van der Waals surface area (Å²) in [6.07, 6.45) is 0.416. The smallest absolute Gasteiger partial charge is 0.407 e. The highest BCUT2D eigenvalue weighted by molar-refractivity contribution is 5.78. The van der Waals surface area contributed by atoms with Gasteiger partial charge in [0.1, 0.15) is 5.60 Å². The van der Waals surface area contributed by atoms with Gasteiger partial charge in [0.15, 0.2) is 0 Å². The zero-order valence-corrected chi connectivity index (χ0v) is 13.1. The monoisotopic (exact) mass is 301 g/mol. The van der Waals surface area contributed by atoms with Crippen LogP contribution in [0.3, 0.4) is 0 Å². The molecule has 122 valence electrons. The minimum absolute atomic E-state index is 0.112. The highest BCUT2D eigenvalue weighted by atomic mass is 16.6. The fourth-order valence-electron chi connectivity index (χ4n) is 2.05. The number of amides is 2. The van der Waals surface area contributed by atoms with Crippen LogP contribution in [0.1, 0.15) is 33.6 Å². The van der Waals surface area contributed by atoms with Crippen molar-refractivity contribution in [2.75, 3.05) is 32.7 Å². The minimum Gasteiger partial charge on any atom is -0.444 e. The lowest BCUT2D eigenvalue weighted by Crippen LogP contribution is -2.41. The summed E-state index contributed by atoms with van der Waals surface area (Å²) in [5, 5.41) is 15.5. The fraction of sp³-hybridized carbons (Fsp3) is 0.857. The topological polar surface area (TPSA) is 90.9 Å². The number of likely N-dealkylation sites (tertiary alicyclic amines) is 1. The molecule has 0 spiro atoms. The molecule has 1 saturated heterocycles. The summed E-state index contributed by atoms with van der Waals surface area (Å²) < 4.78 is 5.09. The van der Waals surface area contributed by atoms with Gasteiger partial charge in [-0.1, -0.05) is 0 Å². The van der Waals surface area contributed by atoms with E-state index in [0.717, 1.165) is 13.0 Å². The van der Waals surface area contributed by atoms with Gasteiger partial charge in [0.2, 0.25) is 5.91 Å². The molecule has 0 bridgehead atoms. The molecule has 0 radical (unpaired) electrons. The number of carbonyl (C=O) groups excluding carboxylic acids is 2. The Morgan fingerprint density at radius 3 is 2.71 bits per heavy atom. The minimum atomic E-state index is -0.589. The van der Waals surface area contributed by atoms with Gasteiger partial charge in [-0.15, -0.1) is 0 Å². The second-order valence-electron chi connectivity index (χ2n) is 6.23. The van der Waals surface area contributed by atoms with Gasteiger partial charge in [0, 0.05) is 39.1 Å². The highest BCUT2D eigenvalue weighted by Gasteiger charge is 2.22. The van der Waals surface area contributed by atoms with Gasteiger partial charge in [0.25, 0.3) is 0 Å². The molecule has 0 aliphatic carbocycles. The van der Waals surface area contributed by atoms with Gasteiger partial charge >= 0.3 is 6.09 Å². The molecular formula is C14H27N3O4. The molecule has 7 heteroatoms. The molecule has 0 aromatic heterocycles. The standard InChI is InChI=1S/C14H27N3O4/c1-14(2,3)21-13(20)16-7-6-15-9-11(18)10-17-8-4-5-12(17)19/h11,15,18H,4-10H2,1-3H3,(H,16,20)/t11-/m1/s1. The fourth-order valence-corrected chi connectivity index (χ4v) is 2.05. The second kappa shape index (κ2) is 8.19. The quantitative estimate of drug-likeness (QED) is 0.580. The number of ether oxygens (including phenoxy) is 1. The number of hydrogen-bond acceptors (Lipinski definition) is 5. The molecule has 1 rings (SSSR count). The average molecular weight is 301 g/mol. The van der Waals surface area contributed by atoms with Gasteiger partial charge in [-0.3, -0.25) is 4.79 Å². The lowest BCUT2D eigenvalue weighted by molar-refractivity contribution is -0.128. The van der Waals surface area contributed by atoms with Crippen LogP contribution in [-0.2, 0) is 9.53 Å². The van der Waals surface area contributed by atoms with E-state index >= 15 is 0 Å². The highest BCUT2D eigenvalue weighted by Crippen LogP contribution is 2.09. The molecule has 1 heterocycles.